The Hall–Kier alpha value is -3.21. The van der Waals surface area contributed by atoms with Crippen molar-refractivity contribution in [1.82, 2.24) is 30.0 Å². The molecule has 3 aromatic heterocycles. The molecule has 4 rings (SSSR count). The lowest BCUT2D eigenvalue weighted by atomic mass is 10.1. The third-order valence-corrected chi connectivity index (χ3v) is 5.43. The number of carbonyl (C=O) groups excluding carboxylic acids is 1. The minimum atomic E-state index is -4.66. The number of hydrogen-bond donors (Lipinski definition) is 1. The van der Waals surface area contributed by atoms with Gasteiger partial charge in [0.1, 0.15) is 5.15 Å². The van der Waals surface area contributed by atoms with Crippen LogP contribution in [0.4, 0.5) is 13.2 Å². The molecule has 1 amide bonds. The van der Waals surface area contributed by atoms with Crippen molar-refractivity contribution in [1.29, 1.82) is 0 Å². The van der Waals surface area contributed by atoms with E-state index in [0.29, 0.717) is 16.4 Å². The van der Waals surface area contributed by atoms with Crippen LogP contribution >= 0.6 is 34.8 Å². The Kier molecular flexibility index (Phi) is 6.98. The van der Waals surface area contributed by atoms with Gasteiger partial charge >= 0.3 is 6.18 Å². The van der Waals surface area contributed by atoms with Crippen molar-refractivity contribution in [3.8, 4) is 17.2 Å². The average Bonchev–Trinajstić information content (AvgIpc) is 3.24. The van der Waals surface area contributed by atoms with Crippen molar-refractivity contribution < 1.29 is 18.0 Å². The van der Waals surface area contributed by atoms with Crippen LogP contribution in [0.5, 0.6) is 0 Å². The van der Waals surface area contributed by atoms with Gasteiger partial charge in [-0.25, -0.2) is 15.0 Å². The van der Waals surface area contributed by atoms with E-state index in [1.807, 2.05) is 0 Å². The van der Waals surface area contributed by atoms with Crippen molar-refractivity contribution in [2.24, 2.45) is 0 Å². The molecule has 4 aromatic rings. The predicted molar refractivity (Wildman–Crippen MR) is 125 cm³/mol. The van der Waals surface area contributed by atoms with E-state index < -0.39 is 23.7 Å². The number of benzene rings is 1. The molecule has 0 bridgehead atoms. The molecule has 0 radical (unpaired) electrons. The molecule has 1 unspecified atom stereocenters. The Bertz CT molecular complexity index is 1370. The minimum Gasteiger partial charge on any atom is -0.342 e. The van der Waals surface area contributed by atoms with Gasteiger partial charge in [0.15, 0.2) is 17.5 Å². The number of halogens is 6. The van der Waals surface area contributed by atoms with E-state index in [1.165, 1.54) is 17.1 Å². The number of nitrogens with one attached hydrogen (secondary N) is 1. The van der Waals surface area contributed by atoms with Gasteiger partial charge in [0.2, 0.25) is 0 Å². The summed E-state index contributed by atoms with van der Waals surface area (Å²) in [4.78, 5) is 25.6. The van der Waals surface area contributed by atoms with E-state index in [-0.39, 0.29) is 27.4 Å². The second kappa shape index (κ2) is 9.80. The first-order valence-corrected chi connectivity index (χ1v) is 11.0. The van der Waals surface area contributed by atoms with Gasteiger partial charge in [-0.2, -0.15) is 17.9 Å². The number of aromatic nitrogens is 5. The van der Waals surface area contributed by atoms with Crippen molar-refractivity contribution in [3.63, 3.8) is 0 Å². The molecular formula is C22H14Cl3F3N6O. The Morgan fingerprint density at radius 1 is 1.00 bits per heavy atom. The molecule has 0 aliphatic heterocycles. The largest absolute Gasteiger partial charge is 0.416 e. The van der Waals surface area contributed by atoms with E-state index in [4.69, 9.17) is 34.8 Å². The Morgan fingerprint density at radius 2 is 1.77 bits per heavy atom. The molecule has 0 aliphatic carbocycles. The quantitative estimate of drug-likeness (QED) is 0.304. The van der Waals surface area contributed by atoms with Gasteiger partial charge < -0.3 is 5.32 Å². The standard InChI is InChI=1S/C22H14Cl3F3N6O/c1-11(31-21(35)13-6-14(22(26,27)28)8-16(24)7-13)20-32-19(12-2-4-17(25)29-9-12)33-34(20)18-5-3-15(23)10-30-18/h2-11H,1H3,(H,31,35). The normalized spacial score (nSPS) is 12.4. The molecule has 1 N–H and O–H groups in total. The smallest absolute Gasteiger partial charge is 0.342 e. The molecule has 0 saturated carbocycles. The summed E-state index contributed by atoms with van der Waals surface area (Å²) in [7, 11) is 0. The van der Waals surface area contributed by atoms with Gasteiger partial charge in [-0.15, -0.1) is 5.10 Å². The highest BCUT2D eigenvalue weighted by atomic mass is 35.5. The Labute approximate surface area is 211 Å². The summed E-state index contributed by atoms with van der Waals surface area (Å²) >= 11 is 17.6. The second-order valence-corrected chi connectivity index (χ2v) is 8.59. The van der Waals surface area contributed by atoms with Crippen molar-refractivity contribution in [2.45, 2.75) is 19.1 Å². The van der Waals surface area contributed by atoms with Crippen molar-refractivity contribution in [2.75, 3.05) is 0 Å². The number of nitrogens with zero attached hydrogens (tertiary/aromatic N) is 5. The number of rotatable bonds is 5. The SMILES string of the molecule is CC(NC(=O)c1cc(Cl)cc(C(F)(F)F)c1)c1nc(-c2ccc(Cl)nc2)nn1-c1ccc(Cl)cn1. The number of hydrogen-bond acceptors (Lipinski definition) is 5. The summed E-state index contributed by atoms with van der Waals surface area (Å²) in [6.07, 6.45) is -1.76. The fraction of sp³-hybridized carbons (Fsp3) is 0.136. The van der Waals surface area contributed by atoms with Gasteiger partial charge in [0.05, 0.1) is 16.6 Å². The van der Waals surface area contributed by atoms with Crippen LogP contribution < -0.4 is 5.32 Å². The molecule has 0 saturated heterocycles. The molecule has 7 nitrogen and oxygen atoms in total. The maximum atomic E-state index is 13.2. The summed E-state index contributed by atoms with van der Waals surface area (Å²) in [5, 5.41) is 7.57. The number of carbonyl (C=O) groups is 1. The minimum absolute atomic E-state index is 0.219. The van der Waals surface area contributed by atoms with Crippen LogP contribution in [0.15, 0.2) is 54.9 Å². The van der Waals surface area contributed by atoms with E-state index in [2.05, 4.69) is 25.4 Å². The first kappa shape index (κ1) is 24.9. The predicted octanol–water partition coefficient (Wildman–Crippen LogP) is 6.19. The number of alkyl halides is 3. The lowest BCUT2D eigenvalue weighted by molar-refractivity contribution is -0.137. The summed E-state index contributed by atoms with van der Waals surface area (Å²) in [6, 6.07) is 8.27. The van der Waals surface area contributed by atoms with Gasteiger partial charge in [0, 0.05) is 28.5 Å². The van der Waals surface area contributed by atoms with Crippen LogP contribution in [-0.2, 0) is 6.18 Å². The molecule has 35 heavy (non-hydrogen) atoms. The van der Waals surface area contributed by atoms with Crippen LogP contribution in [0.25, 0.3) is 17.2 Å². The maximum Gasteiger partial charge on any atom is 0.416 e. The average molecular weight is 542 g/mol. The monoisotopic (exact) mass is 540 g/mol. The summed E-state index contributed by atoms with van der Waals surface area (Å²) in [6.45, 7) is 1.60. The lowest BCUT2D eigenvalue weighted by Crippen LogP contribution is -2.29. The van der Waals surface area contributed by atoms with Gasteiger partial charge in [-0.1, -0.05) is 34.8 Å². The van der Waals surface area contributed by atoms with Crippen molar-refractivity contribution in [3.05, 3.63) is 87.0 Å². The fourth-order valence-corrected chi connectivity index (χ4v) is 3.58. The first-order valence-electron chi connectivity index (χ1n) is 9.91. The summed E-state index contributed by atoms with van der Waals surface area (Å²) in [5.41, 5.74) is -0.741. The number of amides is 1. The van der Waals surface area contributed by atoms with Gasteiger partial charge in [-0.05, 0) is 49.4 Å². The Morgan fingerprint density at radius 3 is 2.40 bits per heavy atom. The van der Waals surface area contributed by atoms with Crippen LogP contribution in [0.2, 0.25) is 15.2 Å². The molecule has 0 fully saturated rings. The fourth-order valence-electron chi connectivity index (χ4n) is 3.13. The Balaban J connectivity index is 1.70. The zero-order valence-electron chi connectivity index (χ0n) is 17.7. The van der Waals surface area contributed by atoms with Gasteiger partial charge in [0.25, 0.3) is 5.91 Å². The summed E-state index contributed by atoms with van der Waals surface area (Å²) < 4.78 is 40.9. The first-order chi connectivity index (χ1) is 16.5. The van der Waals surface area contributed by atoms with Crippen molar-refractivity contribution >= 4 is 40.7 Å². The maximum absolute atomic E-state index is 13.2. The van der Waals surface area contributed by atoms with Crippen LogP contribution in [-0.4, -0.2) is 30.6 Å². The van der Waals surface area contributed by atoms with Crippen LogP contribution in [0.1, 0.15) is 34.7 Å². The molecule has 0 aliphatic rings. The highest BCUT2D eigenvalue weighted by Gasteiger charge is 2.32. The van der Waals surface area contributed by atoms with Crippen LogP contribution in [0.3, 0.4) is 0 Å². The van der Waals surface area contributed by atoms with E-state index in [1.54, 1.807) is 31.2 Å². The second-order valence-electron chi connectivity index (χ2n) is 7.33. The molecule has 180 valence electrons. The van der Waals surface area contributed by atoms with E-state index in [0.717, 1.165) is 18.2 Å². The topological polar surface area (TPSA) is 85.6 Å². The highest BCUT2D eigenvalue weighted by Crippen LogP contribution is 2.32. The number of pyridine rings is 2. The zero-order valence-corrected chi connectivity index (χ0v) is 20.0. The molecule has 3 heterocycles. The molecule has 1 aromatic carbocycles. The highest BCUT2D eigenvalue weighted by molar-refractivity contribution is 6.31. The lowest BCUT2D eigenvalue weighted by Gasteiger charge is -2.15. The zero-order chi connectivity index (χ0) is 25.3. The molecule has 1 atom stereocenters. The van der Waals surface area contributed by atoms with Gasteiger partial charge in [-0.3, -0.25) is 4.79 Å². The molecule has 0 spiro atoms. The third kappa shape index (κ3) is 5.72. The third-order valence-electron chi connectivity index (χ3n) is 4.77. The van der Waals surface area contributed by atoms with E-state index in [9.17, 15) is 18.0 Å². The van der Waals surface area contributed by atoms with Crippen LogP contribution in [0, 0.1) is 0 Å². The van der Waals surface area contributed by atoms with E-state index >= 15 is 0 Å². The summed E-state index contributed by atoms with van der Waals surface area (Å²) in [5.74, 6) is 0.104. The molecular weight excluding hydrogens is 528 g/mol. The molecule has 13 heteroatoms.